The summed E-state index contributed by atoms with van der Waals surface area (Å²) < 4.78 is 1.05. The first kappa shape index (κ1) is 15.9. The van der Waals surface area contributed by atoms with Crippen LogP contribution in [0.25, 0.3) is 10.2 Å². The van der Waals surface area contributed by atoms with Gasteiger partial charge >= 0.3 is 0 Å². The highest BCUT2D eigenvalue weighted by molar-refractivity contribution is 7.20. The number of rotatable bonds is 5. The molecule has 2 aromatic rings. The number of aromatic nitrogens is 1. The topological polar surface area (TPSA) is 45.2 Å². The number of nitrogens with one attached hydrogen (secondary N) is 1. The highest BCUT2D eigenvalue weighted by Gasteiger charge is 2.10. The molecular weight excluding hydrogens is 282 g/mol. The Hall–Kier alpha value is -1.17. The first-order valence-electron chi connectivity index (χ1n) is 5.95. The summed E-state index contributed by atoms with van der Waals surface area (Å²) in [4.78, 5) is 18.3. The van der Waals surface area contributed by atoms with Crippen molar-refractivity contribution in [3.8, 4) is 0 Å². The van der Waals surface area contributed by atoms with E-state index in [4.69, 9.17) is 0 Å². The Morgan fingerprint density at radius 1 is 1.37 bits per heavy atom. The molecule has 1 N–H and O–H groups in total. The minimum absolute atomic E-state index is 0. The van der Waals surface area contributed by atoms with Gasteiger partial charge in [-0.25, -0.2) is 4.98 Å². The molecule has 1 aromatic heterocycles. The van der Waals surface area contributed by atoms with Crippen LogP contribution in [-0.4, -0.2) is 43.0 Å². The van der Waals surface area contributed by atoms with Crippen molar-refractivity contribution in [2.45, 2.75) is 6.42 Å². The van der Waals surface area contributed by atoms with Crippen molar-refractivity contribution in [2.75, 3.05) is 27.2 Å². The third-order valence-corrected chi connectivity index (χ3v) is 3.59. The van der Waals surface area contributed by atoms with E-state index in [1.54, 1.807) is 0 Å². The van der Waals surface area contributed by atoms with E-state index in [0.717, 1.165) is 23.2 Å². The Kier molecular flexibility index (Phi) is 6.21. The highest BCUT2D eigenvalue weighted by atomic mass is 35.5. The van der Waals surface area contributed by atoms with Crippen LogP contribution in [-0.2, 0) is 0 Å². The molecule has 1 heterocycles. The van der Waals surface area contributed by atoms with E-state index >= 15 is 0 Å². The van der Waals surface area contributed by atoms with Crippen LogP contribution in [0.2, 0.25) is 0 Å². The Bertz CT molecular complexity index is 508. The smallest absolute Gasteiger partial charge is 0.280 e. The van der Waals surface area contributed by atoms with E-state index in [1.807, 2.05) is 38.4 Å². The van der Waals surface area contributed by atoms with Crippen molar-refractivity contribution < 1.29 is 4.79 Å². The lowest BCUT2D eigenvalue weighted by molar-refractivity contribution is 0.0952. The summed E-state index contributed by atoms with van der Waals surface area (Å²) in [7, 11) is 4.05. The molecule has 0 atom stereocenters. The molecule has 0 bridgehead atoms. The van der Waals surface area contributed by atoms with Crippen molar-refractivity contribution in [1.29, 1.82) is 0 Å². The van der Waals surface area contributed by atoms with Gasteiger partial charge in [0.2, 0.25) is 0 Å². The minimum Gasteiger partial charge on any atom is -0.350 e. The molecule has 0 aliphatic rings. The van der Waals surface area contributed by atoms with Crippen molar-refractivity contribution in [3.05, 3.63) is 29.3 Å². The number of hydrogen-bond acceptors (Lipinski definition) is 4. The lowest BCUT2D eigenvalue weighted by Crippen LogP contribution is -2.26. The zero-order chi connectivity index (χ0) is 13.0. The number of thiazole rings is 1. The highest BCUT2D eigenvalue weighted by Crippen LogP contribution is 2.21. The van der Waals surface area contributed by atoms with Crippen molar-refractivity contribution in [3.63, 3.8) is 0 Å². The maximum atomic E-state index is 11.9. The van der Waals surface area contributed by atoms with E-state index in [-0.39, 0.29) is 18.3 Å². The van der Waals surface area contributed by atoms with Gasteiger partial charge in [-0.15, -0.1) is 23.7 Å². The van der Waals surface area contributed by atoms with Crippen LogP contribution in [0.5, 0.6) is 0 Å². The number of carbonyl (C=O) groups excluding carboxylic acids is 1. The van der Waals surface area contributed by atoms with E-state index in [9.17, 15) is 4.79 Å². The third-order valence-electron chi connectivity index (χ3n) is 2.56. The SMILES string of the molecule is CN(C)CCCNC(=O)c1nc2ccccc2s1.Cl. The maximum absolute atomic E-state index is 11.9. The van der Waals surface area contributed by atoms with Crippen LogP contribution < -0.4 is 5.32 Å². The monoisotopic (exact) mass is 299 g/mol. The van der Waals surface area contributed by atoms with E-state index in [0.29, 0.717) is 11.6 Å². The van der Waals surface area contributed by atoms with Gasteiger partial charge < -0.3 is 10.2 Å². The lowest BCUT2D eigenvalue weighted by atomic mass is 10.3. The van der Waals surface area contributed by atoms with Gasteiger partial charge in [0, 0.05) is 6.54 Å². The quantitative estimate of drug-likeness (QED) is 0.862. The average molecular weight is 300 g/mol. The molecule has 0 unspecified atom stereocenters. The summed E-state index contributed by atoms with van der Waals surface area (Å²) in [5.74, 6) is -0.0741. The maximum Gasteiger partial charge on any atom is 0.280 e. The fraction of sp³-hybridized carbons (Fsp3) is 0.385. The number of hydrogen-bond donors (Lipinski definition) is 1. The summed E-state index contributed by atoms with van der Waals surface area (Å²) in [6, 6.07) is 7.80. The zero-order valence-corrected chi connectivity index (χ0v) is 12.7. The van der Waals surface area contributed by atoms with Gasteiger partial charge in [-0.05, 0) is 39.2 Å². The second kappa shape index (κ2) is 7.43. The van der Waals surface area contributed by atoms with Gasteiger partial charge in [-0.3, -0.25) is 4.79 Å². The van der Waals surface area contributed by atoms with Gasteiger partial charge in [-0.2, -0.15) is 0 Å². The molecule has 0 saturated carbocycles. The van der Waals surface area contributed by atoms with Gasteiger partial charge in [0.1, 0.15) is 0 Å². The first-order valence-corrected chi connectivity index (χ1v) is 6.77. The van der Waals surface area contributed by atoms with Crippen molar-refractivity contribution in [1.82, 2.24) is 15.2 Å². The molecule has 19 heavy (non-hydrogen) atoms. The van der Waals surface area contributed by atoms with Gasteiger partial charge in [0.05, 0.1) is 10.2 Å². The predicted molar refractivity (Wildman–Crippen MR) is 82.4 cm³/mol. The van der Waals surface area contributed by atoms with Crippen LogP contribution in [0, 0.1) is 0 Å². The summed E-state index contributed by atoms with van der Waals surface area (Å²) in [5, 5.41) is 3.44. The summed E-state index contributed by atoms with van der Waals surface area (Å²) in [6.07, 6.45) is 0.948. The Morgan fingerprint density at radius 3 is 2.79 bits per heavy atom. The molecule has 0 radical (unpaired) electrons. The van der Waals surface area contributed by atoms with Crippen LogP contribution in [0.3, 0.4) is 0 Å². The molecule has 4 nitrogen and oxygen atoms in total. The fourth-order valence-electron chi connectivity index (χ4n) is 1.64. The molecule has 2 rings (SSSR count). The molecule has 0 aliphatic heterocycles. The van der Waals surface area contributed by atoms with Crippen molar-refractivity contribution >= 4 is 39.9 Å². The van der Waals surface area contributed by atoms with Crippen molar-refractivity contribution in [2.24, 2.45) is 0 Å². The summed E-state index contributed by atoms with van der Waals surface area (Å²) >= 11 is 1.44. The second-order valence-electron chi connectivity index (χ2n) is 4.40. The summed E-state index contributed by atoms with van der Waals surface area (Å²) in [6.45, 7) is 1.66. The number of amides is 1. The van der Waals surface area contributed by atoms with E-state index in [1.165, 1.54) is 11.3 Å². The van der Waals surface area contributed by atoms with E-state index in [2.05, 4.69) is 15.2 Å². The Morgan fingerprint density at radius 2 is 2.11 bits per heavy atom. The molecule has 0 fully saturated rings. The number of carbonyl (C=O) groups is 1. The van der Waals surface area contributed by atoms with Gasteiger partial charge in [0.15, 0.2) is 5.01 Å². The van der Waals surface area contributed by atoms with Gasteiger partial charge in [-0.1, -0.05) is 12.1 Å². The van der Waals surface area contributed by atoms with E-state index < -0.39 is 0 Å². The summed E-state index contributed by atoms with van der Waals surface area (Å²) in [5.41, 5.74) is 0.890. The van der Waals surface area contributed by atoms with Crippen LogP contribution >= 0.6 is 23.7 Å². The largest absolute Gasteiger partial charge is 0.350 e. The molecule has 0 spiro atoms. The molecule has 1 amide bonds. The third kappa shape index (κ3) is 4.45. The normalized spacial score (nSPS) is 10.5. The van der Waals surface area contributed by atoms with Crippen LogP contribution in [0.4, 0.5) is 0 Å². The standard InChI is InChI=1S/C13H17N3OS.ClH/c1-16(2)9-5-8-14-12(17)13-15-10-6-3-4-7-11(10)18-13;/h3-4,6-7H,5,8-9H2,1-2H3,(H,14,17);1H. The molecule has 0 aliphatic carbocycles. The Balaban J connectivity index is 0.00000180. The molecule has 1 aromatic carbocycles. The number of nitrogens with zero attached hydrogens (tertiary/aromatic N) is 2. The number of para-hydroxylation sites is 1. The van der Waals surface area contributed by atoms with Crippen LogP contribution in [0.15, 0.2) is 24.3 Å². The molecule has 6 heteroatoms. The zero-order valence-electron chi connectivity index (χ0n) is 11.0. The minimum atomic E-state index is -0.0741. The molecule has 0 saturated heterocycles. The number of halogens is 1. The van der Waals surface area contributed by atoms with Gasteiger partial charge in [0.25, 0.3) is 5.91 Å². The second-order valence-corrected chi connectivity index (χ2v) is 5.43. The number of benzene rings is 1. The number of fused-ring (bicyclic) bond motifs is 1. The first-order chi connectivity index (χ1) is 8.66. The predicted octanol–water partition coefficient (Wildman–Crippen LogP) is 2.40. The Labute approximate surface area is 123 Å². The molecule has 104 valence electrons. The average Bonchev–Trinajstić information content (AvgIpc) is 2.78. The lowest BCUT2D eigenvalue weighted by Gasteiger charge is -2.08. The van der Waals surface area contributed by atoms with Crippen LogP contribution in [0.1, 0.15) is 16.2 Å². The fourth-order valence-corrected chi connectivity index (χ4v) is 2.52. The molecular formula is C13H18ClN3OS.